The van der Waals surface area contributed by atoms with E-state index >= 15 is 0 Å². The number of anilines is 2. The molecule has 0 bridgehead atoms. The van der Waals surface area contributed by atoms with Gasteiger partial charge < -0.3 is 20.1 Å². The first-order chi connectivity index (χ1) is 11.5. The molecule has 1 aromatic carbocycles. The molecule has 0 aromatic heterocycles. The fraction of sp³-hybridized carbons (Fsp3) is 0.471. The summed E-state index contributed by atoms with van der Waals surface area (Å²) in [4.78, 5) is 37.3. The molecular formula is C17H20N2O5. The van der Waals surface area contributed by atoms with E-state index in [2.05, 4.69) is 5.32 Å². The molecule has 1 aliphatic heterocycles. The Morgan fingerprint density at radius 3 is 2.62 bits per heavy atom. The minimum atomic E-state index is -1.30. The maximum absolute atomic E-state index is 12.2. The number of rotatable bonds is 5. The minimum Gasteiger partial charge on any atom is -0.495 e. The standard InChI is InChI=1S/C17H20N2O5/c1-24-13-6-5-11(18-15(21)17(7-8-17)16(22)23)10-12(13)19-9-3-2-4-14(19)20/h5-6,10H,2-4,7-9H2,1H3,(H,18,21)(H,22,23). The number of hydrogen-bond donors (Lipinski definition) is 2. The quantitative estimate of drug-likeness (QED) is 0.804. The third-order valence-electron chi connectivity index (χ3n) is 4.64. The molecule has 1 saturated carbocycles. The van der Waals surface area contributed by atoms with E-state index in [0.29, 0.717) is 42.9 Å². The molecule has 24 heavy (non-hydrogen) atoms. The first-order valence-corrected chi connectivity index (χ1v) is 8.01. The van der Waals surface area contributed by atoms with E-state index in [-0.39, 0.29) is 5.91 Å². The van der Waals surface area contributed by atoms with Gasteiger partial charge in [-0.3, -0.25) is 14.4 Å². The summed E-state index contributed by atoms with van der Waals surface area (Å²) in [5, 5.41) is 11.9. The van der Waals surface area contributed by atoms with Gasteiger partial charge in [-0.15, -0.1) is 0 Å². The van der Waals surface area contributed by atoms with Crippen LogP contribution in [0.25, 0.3) is 0 Å². The van der Waals surface area contributed by atoms with Gasteiger partial charge >= 0.3 is 5.97 Å². The van der Waals surface area contributed by atoms with Gasteiger partial charge in [0.15, 0.2) is 0 Å². The molecule has 7 nitrogen and oxygen atoms in total. The zero-order valence-electron chi connectivity index (χ0n) is 13.5. The van der Waals surface area contributed by atoms with Gasteiger partial charge in [-0.1, -0.05) is 0 Å². The predicted octanol–water partition coefficient (Wildman–Crippen LogP) is 2.02. The summed E-state index contributed by atoms with van der Waals surface area (Å²) in [5.74, 6) is -1.05. The summed E-state index contributed by atoms with van der Waals surface area (Å²) in [6, 6.07) is 4.98. The van der Waals surface area contributed by atoms with E-state index < -0.39 is 17.3 Å². The van der Waals surface area contributed by atoms with Gasteiger partial charge in [0.2, 0.25) is 11.8 Å². The molecular weight excluding hydrogens is 312 g/mol. The molecule has 2 aliphatic rings. The number of aliphatic carboxylic acids is 1. The van der Waals surface area contributed by atoms with Crippen LogP contribution in [0.15, 0.2) is 18.2 Å². The van der Waals surface area contributed by atoms with E-state index in [0.717, 1.165) is 12.8 Å². The molecule has 1 aliphatic carbocycles. The second kappa shape index (κ2) is 6.14. The van der Waals surface area contributed by atoms with Gasteiger partial charge in [0.05, 0.1) is 12.8 Å². The summed E-state index contributed by atoms with van der Waals surface area (Å²) >= 11 is 0. The zero-order chi connectivity index (χ0) is 17.3. The topological polar surface area (TPSA) is 95.9 Å². The largest absolute Gasteiger partial charge is 0.495 e. The summed E-state index contributed by atoms with van der Waals surface area (Å²) in [5.41, 5.74) is -0.247. The smallest absolute Gasteiger partial charge is 0.319 e. The second-order valence-electron chi connectivity index (χ2n) is 6.23. The van der Waals surface area contributed by atoms with Crippen molar-refractivity contribution < 1.29 is 24.2 Å². The number of nitrogens with one attached hydrogen (secondary N) is 1. The molecule has 0 atom stereocenters. The van der Waals surface area contributed by atoms with Crippen molar-refractivity contribution in [3.8, 4) is 5.75 Å². The van der Waals surface area contributed by atoms with Crippen LogP contribution in [-0.2, 0) is 14.4 Å². The maximum atomic E-state index is 12.2. The Morgan fingerprint density at radius 2 is 2.04 bits per heavy atom. The van der Waals surface area contributed by atoms with Gasteiger partial charge in [-0.05, 0) is 43.9 Å². The van der Waals surface area contributed by atoms with Gasteiger partial charge in [0.1, 0.15) is 11.2 Å². The normalized spacial score (nSPS) is 18.9. The molecule has 1 saturated heterocycles. The fourth-order valence-electron chi connectivity index (χ4n) is 2.95. The van der Waals surface area contributed by atoms with Crippen molar-refractivity contribution in [1.29, 1.82) is 0 Å². The SMILES string of the molecule is COc1ccc(NC(=O)C2(C(=O)O)CC2)cc1N1CCCCC1=O. The van der Waals surface area contributed by atoms with Crippen molar-refractivity contribution >= 4 is 29.2 Å². The van der Waals surface area contributed by atoms with Crippen molar-refractivity contribution in [1.82, 2.24) is 0 Å². The van der Waals surface area contributed by atoms with Crippen molar-refractivity contribution in [2.75, 3.05) is 23.9 Å². The van der Waals surface area contributed by atoms with Crippen LogP contribution in [-0.4, -0.2) is 36.5 Å². The fourth-order valence-corrected chi connectivity index (χ4v) is 2.95. The number of carbonyl (C=O) groups excluding carboxylic acids is 2. The average Bonchev–Trinajstić information content (AvgIpc) is 3.37. The first-order valence-electron chi connectivity index (χ1n) is 8.01. The zero-order valence-corrected chi connectivity index (χ0v) is 13.5. The van der Waals surface area contributed by atoms with E-state index in [1.54, 1.807) is 23.1 Å². The molecule has 2 amide bonds. The Kier molecular flexibility index (Phi) is 4.17. The third kappa shape index (κ3) is 2.81. The van der Waals surface area contributed by atoms with Crippen LogP contribution in [0.4, 0.5) is 11.4 Å². The molecule has 7 heteroatoms. The number of carboxylic acid groups (broad SMARTS) is 1. The van der Waals surface area contributed by atoms with Gasteiger partial charge in [0, 0.05) is 18.7 Å². The number of benzene rings is 1. The van der Waals surface area contributed by atoms with Crippen LogP contribution < -0.4 is 15.0 Å². The van der Waals surface area contributed by atoms with Crippen LogP contribution in [0.5, 0.6) is 5.75 Å². The summed E-state index contributed by atoms with van der Waals surface area (Å²) in [6.45, 7) is 0.603. The number of hydrogen-bond acceptors (Lipinski definition) is 4. The highest BCUT2D eigenvalue weighted by atomic mass is 16.5. The number of carbonyl (C=O) groups is 3. The molecule has 0 radical (unpaired) electrons. The molecule has 128 valence electrons. The minimum absolute atomic E-state index is 0.0206. The monoisotopic (exact) mass is 332 g/mol. The molecule has 3 rings (SSSR count). The van der Waals surface area contributed by atoms with Crippen LogP contribution in [0, 0.1) is 5.41 Å². The molecule has 0 unspecified atom stereocenters. The lowest BCUT2D eigenvalue weighted by molar-refractivity contribution is -0.147. The Labute approximate surface area is 139 Å². The summed E-state index contributed by atoms with van der Waals surface area (Å²) in [6.07, 6.45) is 2.97. The number of methoxy groups -OCH3 is 1. The average molecular weight is 332 g/mol. The van der Waals surface area contributed by atoms with Crippen molar-refractivity contribution in [3.63, 3.8) is 0 Å². The van der Waals surface area contributed by atoms with Crippen LogP contribution in [0.1, 0.15) is 32.1 Å². The van der Waals surface area contributed by atoms with E-state index in [1.165, 1.54) is 7.11 Å². The highest BCUT2D eigenvalue weighted by Gasteiger charge is 2.57. The highest BCUT2D eigenvalue weighted by molar-refractivity contribution is 6.11. The molecule has 2 N–H and O–H groups in total. The lowest BCUT2D eigenvalue weighted by atomic mass is 10.1. The lowest BCUT2D eigenvalue weighted by Crippen LogP contribution is -2.35. The van der Waals surface area contributed by atoms with Crippen molar-refractivity contribution in [2.45, 2.75) is 32.1 Å². The Bertz CT molecular complexity index is 696. The lowest BCUT2D eigenvalue weighted by Gasteiger charge is -2.28. The summed E-state index contributed by atoms with van der Waals surface area (Å²) < 4.78 is 5.32. The Hall–Kier alpha value is -2.57. The number of ether oxygens (including phenoxy) is 1. The Balaban J connectivity index is 1.85. The van der Waals surface area contributed by atoms with Crippen LogP contribution >= 0.6 is 0 Å². The second-order valence-corrected chi connectivity index (χ2v) is 6.23. The number of piperidine rings is 1. The molecule has 2 fully saturated rings. The molecule has 0 spiro atoms. The summed E-state index contributed by atoms with van der Waals surface area (Å²) in [7, 11) is 1.52. The molecule has 1 aromatic rings. The van der Waals surface area contributed by atoms with Gasteiger partial charge in [-0.25, -0.2) is 0 Å². The van der Waals surface area contributed by atoms with Crippen LogP contribution in [0.3, 0.4) is 0 Å². The van der Waals surface area contributed by atoms with Gasteiger partial charge in [0.25, 0.3) is 0 Å². The van der Waals surface area contributed by atoms with Crippen molar-refractivity contribution in [3.05, 3.63) is 18.2 Å². The highest BCUT2D eigenvalue weighted by Crippen LogP contribution is 2.47. The Morgan fingerprint density at radius 1 is 1.29 bits per heavy atom. The predicted molar refractivity (Wildman–Crippen MR) is 87.1 cm³/mol. The van der Waals surface area contributed by atoms with Crippen LogP contribution in [0.2, 0.25) is 0 Å². The molecule has 1 heterocycles. The maximum Gasteiger partial charge on any atom is 0.319 e. The number of carboxylic acids is 1. The van der Waals surface area contributed by atoms with E-state index in [4.69, 9.17) is 4.74 Å². The first kappa shape index (κ1) is 16.3. The third-order valence-corrected chi connectivity index (χ3v) is 4.64. The van der Waals surface area contributed by atoms with E-state index in [1.807, 2.05) is 0 Å². The van der Waals surface area contributed by atoms with Crippen molar-refractivity contribution in [2.24, 2.45) is 5.41 Å². The number of nitrogens with zero attached hydrogens (tertiary/aromatic N) is 1. The van der Waals surface area contributed by atoms with Gasteiger partial charge in [-0.2, -0.15) is 0 Å². The van der Waals surface area contributed by atoms with E-state index in [9.17, 15) is 19.5 Å². The number of amides is 2.